The van der Waals surface area contributed by atoms with Crippen molar-refractivity contribution in [1.29, 1.82) is 0 Å². The number of nitrogens with one attached hydrogen (secondary N) is 2. The Morgan fingerprint density at radius 2 is 1.79 bits per heavy atom. The molecule has 2 aromatic carbocycles. The zero-order chi connectivity index (χ0) is 20.6. The van der Waals surface area contributed by atoms with Crippen LogP contribution in [0.5, 0.6) is 5.75 Å². The summed E-state index contributed by atoms with van der Waals surface area (Å²) >= 11 is 0. The third kappa shape index (κ3) is 6.80. The summed E-state index contributed by atoms with van der Waals surface area (Å²) in [6, 6.07) is 11.9. The molecule has 0 heterocycles. The minimum Gasteiger partial charge on any atom is -0.492 e. The molecule has 28 heavy (non-hydrogen) atoms. The quantitative estimate of drug-likeness (QED) is 0.562. The molecule has 0 spiro atoms. The highest BCUT2D eigenvalue weighted by molar-refractivity contribution is 7.90. The zero-order valence-electron chi connectivity index (χ0n) is 16.8. The molecule has 0 unspecified atom stereocenters. The van der Waals surface area contributed by atoms with Gasteiger partial charge in [0.2, 0.25) is 15.9 Å². The minimum absolute atomic E-state index is 0.0489. The SMILES string of the molecule is CCCC(=O)NCCOc1ccc2cc(CCNS(=O)(=O)C(C)C)ccc2c1. The normalized spacial score (nSPS) is 11.7. The molecule has 6 nitrogen and oxygen atoms in total. The first-order valence-corrected chi connectivity index (χ1v) is 11.3. The highest BCUT2D eigenvalue weighted by Gasteiger charge is 2.14. The second-order valence-corrected chi connectivity index (χ2v) is 9.35. The zero-order valence-corrected chi connectivity index (χ0v) is 17.6. The Kier molecular flexibility index (Phi) is 8.26. The summed E-state index contributed by atoms with van der Waals surface area (Å²) in [5, 5.41) is 4.53. The molecule has 0 bridgehead atoms. The first-order valence-electron chi connectivity index (χ1n) is 9.72. The Labute approximate surface area is 167 Å². The molecule has 0 aliphatic heterocycles. The van der Waals surface area contributed by atoms with Gasteiger partial charge in [0.1, 0.15) is 12.4 Å². The van der Waals surface area contributed by atoms with E-state index in [1.165, 1.54) is 0 Å². The van der Waals surface area contributed by atoms with Gasteiger partial charge < -0.3 is 10.1 Å². The minimum atomic E-state index is -3.23. The molecule has 0 saturated carbocycles. The van der Waals surface area contributed by atoms with E-state index in [0.29, 0.717) is 32.5 Å². The molecule has 0 fully saturated rings. The number of hydrogen-bond acceptors (Lipinski definition) is 4. The van der Waals surface area contributed by atoms with Crippen molar-refractivity contribution < 1.29 is 17.9 Å². The molecule has 0 atom stereocenters. The summed E-state index contributed by atoms with van der Waals surface area (Å²) in [5.74, 6) is 0.808. The van der Waals surface area contributed by atoms with E-state index in [9.17, 15) is 13.2 Å². The molecule has 2 rings (SSSR count). The summed E-state index contributed by atoms with van der Waals surface area (Å²) < 4.78 is 31.9. The van der Waals surface area contributed by atoms with Gasteiger partial charge in [-0.05, 0) is 55.2 Å². The van der Waals surface area contributed by atoms with E-state index in [1.54, 1.807) is 13.8 Å². The van der Waals surface area contributed by atoms with Crippen LogP contribution >= 0.6 is 0 Å². The van der Waals surface area contributed by atoms with Gasteiger partial charge >= 0.3 is 0 Å². The van der Waals surface area contributed by atoms with Crippen LogP contribution in [0.4, 0.5) is 0 Å². The first-order chi connectivity index (χ1) is 13.3. The molecule has 0 aromatic heterocycles. The molecule has 2 aromatic rings. The molecule has 0 saturated heterocycles. The fourth-order valence-corrected chi connectivity index (χ4v) is 3.42. The molecule has 2 N–H and O–H groups in total. The number of fused-ring (bicyclic) bond motifs is 1. The highest BCUT2D eigenvalue weighted by Crippen LogP contribution is 2.22. The second-order valence-electron chi connectivity index (χ2n) is 7.03. The fourth-order valence-electron chi connectivity index (χ4n) is 2.70. The standard InChI is InChI=1S/C21H30N2O4S/c1-4-5-21(24)22-12-13-27-20-9-8-18-14-17(6-7-19(18)15-20)10-11-23-28(25,26)16(2)3/h6-9,14-16,23H,4-5,10-13H2,1-3H3,(H,22,24). The fraction of sp³-hybridized carbons (Fsp3) is 0.476. The number of amides is 1. The lowest BCUT2D eigenvalue weighted by Gasteiger charge is -2.11. The number of sulfonamides is 1. The van der Waals surface area contributed by atoms with Gasteiger partial charge in [-0.2, -0.15) is 0 Å². The van der Waals surface area contributed by atoms with Crippen LogP contribution in [0, 0.1) is 0 Å². The van der Waals surface area contributed by atoms with Crippen LogP contribution in [0.15, 0.2) is 36.4 Å². The van der Waals surface area contributed by atoms with E-state index in [2.05, 4.69) is 16.1 Å². The smallest absolute Gasteiger partial charge is 0.220 e. The molecule has 0 aliphatic rings. The second kappa shape index (κ2) is 10.4. The van der Waals surface area contributed by atoms with Crippen LogP contribution in [-0.2, 0) is 21.2 Å². The predicted octanol–water partition coefficient (Wildman–Crippen LogP) is 3.01. The van der Waals surface area contributed by atoms with Gasteiger partial charge in [0.25, 0.3) is 0 Å². The number of carbonyl (C=O) groups is 1. The van der Waals surface area contributed by atoms with Crippen molar-refractivity contribution in [3.63, 3.8) is 0 Å². The largest absolute Gasteiger partial charge is 0.492 e. The number of ether oxygens (including phenoxy) is 1. The topological polar surface area (TPSA) is 84.5 Å². The van der Waals surface area contributed by atoms with Gasteiger partial charge in [0.05, 0.1) is 11.8 Å². The lowest BCUT2D eigenvalue weighted by molar-refractivity contribution is -0.121. The Balaban J connectivity index is 1.88. The summed E-state index contributed by atoms with van der Waals surface area (Å²) in [5.41, 5.74) is 1.08. The van der Waals surface area contributed by atoms with E-state index in [4.69, 9.17) is 4.74 Å². The summed E-state index contributed by atoms with van der Waals surface area (Å²) in [4.78, 5) is 11.4. The predicted molar refractivity (Wildman–Crippen MR) is 113 cm³/mol. The van der Waals surface area contributed by atoms with Crippen LogP contribution < -0.4 is 14.8 Å². The van der Waals surface area contributed by atoms with Crippen LogP contribution in [0.3, 0.4) is 0 Å². The van der Waals surface area contributed by atoms with Crippen molar-refractivity contribution in [3.05, 3.63) is 42.0 Å². The van der Waals surface area contributed by atoms with E-state index < -0.39 is 15.3 Å². The Morgan fingerprint density at radius 1 is 1.07 bits per heavy atom. The molecule has 1 amide bonds. The summed E-state index contributed by atoms with van der Waals surface area (Å²) in [6.07, 6.45) is 2.01. The number of benzene rings is 2. The van der Waals surface area contributed by atoms with Crippen LogP contribution in [-0.4, -0.2) is 39.3 Å². The first kappa shape index (κ1) is 22.2. The maximum atomic E-state index is 11.8. The maximum absolute atomic E-state index is 11.8. The number of carbonyl (C=O) groups excluding carboxylic acids is 1. The van der Waals surface area contributed by atoms with Crippen molar-refractivity contribution in [2.45, 2.75) is 45.3 Å². The molecule has 0 radical (unpaired) electrons. The average molecular weight is 407 g/mol. The number of hydrogen-bond donors (Lipinski definition) is 2. The Morgan fingerprint density at radius 3 is 2.50 bits per heavy atom. The monoisotopic (exact) mass is 406 g/mol. The molecule has 7 heteroatoms. The van der Waals surface area contributed by atoms with E-state index in [1.807, 2.05) is 37.3 Å². The van der Waals surface area contributed by atoms with Crippen molar-refractivity contribution in [3.8, 4) is 5.75 Å². The third-order valence-electron chi connectivity index (χ3n) is 4.38. The average Bonchev–Trinajstić information content (AvgIpc) is 2.65. The van der Waals surface area contributed by atoms with Crippen molar-refractivity contribution >= 4 is 26.7 Å². The molecular weight excluding hydrogens is 376 g/mol. The highest BCUT2D eigenvalue weighted by atomic mass is 32.2. The third-order valence-corrected chi connectivity index (χ3v) is 6.23. The van der Waals surface area contributed by atoms with Gasteiger partial charge in [-0.3, -0.25) is 4.79 Å². The molecular formula is C21H30N2O4S. The molecule has 154 valence electrons. The van der Waals surface area contributed by atoms with E-state index in [0.717, 1.165) is 28.5 Å². The van der Waals surface area contributed by atoms with Crippen LogP contribution in [0.25, 0.3) is 10.8 Å². The van der Waals surface area contributed by atoms with Crippen molar-refractivity contribution in [2.75, 3.05) is 19.7 Å². The Hall–Kier alpha value is -2.12. The Bertz CT molecular complexity index is 894. The van der Waals surface area contributed by atoms with Crippen LogP contribution in [0.2, 0.25) is 0 Å². The number of rotatable bonds is 11. The van der Waals surface area contributed by atoms with Gasteiger partial charge in [-0.15, -0.1) is 0 Å². The van der Waals surface area contributed by atoms with E-state index in [-0.39, 0.29) is 5.91 Å². The summed E-state index contributed by atoms with van der Waals surface area (Å²) in [6.45, 7) is 6.60. The van der Waals surface area contributed by atoms with Crippen LogP contribution in [0.1, 0.15) is 39.2 Å². The van der Waals surface area contributed by atoms with E-state index >= 15 is 0 Å². The lowest BCUT2D eigenvalue weighted by Crippen LogP contribution is -2.32. The van der Waals surface area contributed by atoms with Gasteiger partial charge in [0, 0.05) is 13.0 Å². The maximum Gasteiger partial charge on any atom is 0.220 e. The van der Waals surface area contributed by atoms with Crippen molar-refractivity contribution in [1.82, 2.24) is 10.0 Å². The lowest BCUT2D eigenvalue weighted by atomic mass is 10.0. The van der Waals surface area contributed by atoms with Crippen molar-refractivity contribution in [2.24, 2.45) is 0 Å². The summed E-state index contributed by atoms with van der Waals surface area (Å²) in [7, 11) is -3.23. The van der Waals surface area contributed by atoms with Gasteiger partial charge in [-0.25, -0.2) is 13.1 Å². The van der Waals surface area contributed by atoms with Gasteiger partial charge in [0.15, 0.2) is 0 Å². The molecule has 0 aliphatic carbocycles. The van der Waals surface area contributed by atoms with Gasteiger partial charge in [-0.1, -0.05) is 31.2 Å².